The lowest BCUT2D eigenvalue weighted by molar-refractivity contribution is 0.0991. The zero-order chi connectivity index (χ0) is 16.2. The minimum atomic E-state index is 0.0583. The van der Waals surface area contributed by atoms with Crippen LogP contribution in [0.4, 0.5) is 0 Å². The molecule has 0 fully saturated rings. The lowest BCUT2D eigenvalue weighted by Crippen LogP contribution is -2.06. The first-order valence-corrected chi connectivity index (χ1v) is 7.62. The Morgan fingerprint density at radius 3 is 2.26 bits per heavy atom. The molecule has 0 atom stereocenters. The number of carbonyl (C=O) groups is 1. The summed E-state index contributed by atoms with van der Waals surface area (Å²) < 4.78 is 0. The van der Waals surface area contributed by atoms with Gasteiger partial charge < -0.3 is 0 Å². The maximum Gasteiger partial charge on any atom is 0.168 e. The van der Waals surface area contributed by atoms with Crippen LogP contribution in [0.25, 0.3) is 11.3 Å². The van der Waals surface area contributed by atoms with E-state index in [0.29, 0.717) is 11.3 Å². The zero-order valence-corrected chi connectivity index (χ0v) is 13.3. The summed E-state index contributed by atoms with van der Waals surface area (Å²) in [5.74, 6) is 0.0583. The largest absolute Gasteiger partial charge is 0.294 e. The molecule has 3 rings (SSSR count). The third kappa shape index (κ3) is 3.51. The molecule has 0 aliphatic carbocycles. The second-order valence-electron chi connectivity index (χ2n) is 5.69. The Bertz CT molecular complexity index is 821. The highest BCUT2D eigenvalue weighted by atomic mass is 16.1. The molecule has 0 amide bonds. The second kappa shape index (κ2) is 6.53. The van der Waals surface area contributed by atoms with Gasteiger partial charge in [-0.3, -0.25) is 4.79 Å². The van der Waals surface area contributed by atoms with Gasteiger partial charge in [-0.25, -0.2) is 0 Å². The van der Waals surface area contributed by atoms with Gasteiger partial charge in [-0.1, -0.05) is 54.1 Å². The van der Waals surface area contributed by atoms with E-state index in [-0.39, 0.29) is 12.2 Å². The van der Waals surface area contributed by atoms with Gasteiger partial charge in [0.25, 0.3) is 0 Å². The van der Waals surface area contributed by atoms with Crippen molar-refractivity contribution in [3.05, 3.63) is 83.0 Å². The number of hydrogen-bond donors (Lipinski definition) is 0. The molecule has 23 heavy (non-hydrogen) atoms. The summed E-state index contributed by atoms with van der Waals surface area (Å²) in [6.07, 6.45) is 0.268. The monoisotopic (exact) mass is 302 g/mol. The van der Waals surface area contributed by atoms with Crippen LogP contribution in [-0.2, 0) is 6.42 Å². The predicted molar refractivity (Wildman–Crippen MR) is 91.4 cm³/mol. The minimum absolute atomic E-state index is 0.0583. The zero-order valence-electron chi connectivity index (χ0n) is 13.3. The lowest BCUT2D eigenvalue weighted by Gasteiger charge is -2.05. The molecular weight excluding hydrogens is 284 g/mol. The summed E-state index contributed by atoms with van der Waals surface area (Å²) in [6, 6.07) is 19.5. The van der Waals surface area contributed by atoms with E-state index >= 15 is 0 Å². The number of ketones is 1. The van der Waals surface area contributed by atoms with Crippen molar-refractivity contribution in [3.8, 4) is 11.3 Å². The molecule has 0 saturated carbocycles. The number of carbonyl (C=O) groups excluding carboxylic acids is 1. The van der Waals surface area contributed by atoms with Crippen molar-refractivity contribution in [2.75, 3.05) is 0 Å². The van der Waals surface area contributed by atoms with Crippen molar-refractivity contribution in [2.24, 2.45) is 0 Å². The summed E-state index contributed by atoms with van der Waals surface area (Å²) in [4.78, 5) is 12.3. The molecule has 0 bridgehead atoms. The van der Waals surface area contributed by atoms with Gasteiger partial charge in [0, 0.05) is 11.1 Å². The van der Waals surface area contributed by atoms with Crippen LogP contribution in [0, 0.1) is 13.8 Å². The predicted octanol–water partition coefficient (Wildman–Crippen LogP) is 4.19. The summed E-state index contributed by atoms with van der Waals surface area (Å²) in [5, 5.41) is 8.48. The van der Waals surface area contributed by atoms with Gasteiger partial charge in [-0.2, -0.15) is 10.2 Å². The van der Waals surface area contributed by atoms with Crippen LogP contribution >= 0.6 is 0 Å². The standard InChI is InChI=1S/C20H18N2O/c1-14-7-9-16(10-8-14)20(23)13-17-11-12-19(22-21-17)18-6-4-3-5-15(18)2/h3-12H,13H2,1-2H3. The molecule has 1 heterocycles. The first-order chi connectivity index (χ1) is 11.1. The molecule has 1 aromatic heterocycles. The summed E-state index contributed by atoms with van der Waals surface area (Å²) in [5.41, 5.74) is 5.59. The summed E-state index contributed by atoms with van der Waals surface area (Å²) in [7, 11) is 0. The Balaban J connectivity index is 1.76. The van der Waals surface area contributed by atoms with Crippen LogP contribution in [0.5, 0.6) is 0 Å². The van der Waals surface area contributed by atoms with Crippen molar-refractivity contribution >= 4 is 5.78 Å². The van der Waals surface area contributed by atoms with E-state index in [1.165, 1.54) is 0 Å². The summed E-state index contributed by atoms with van der Waals surface area (Å²) in [6.45, 7) is 4.05. The highest BCUT2D eigenvalue weighted by molar-refractivity contribution is 5.97. The molecule has 0 unspecified atom stereocenters. The Morgan fingerprint density at radius 2 is 1.61 bits per heavy atom. The number of nitrogens with zero attached hydrogens (tertiary/aromatic N) is 2. The normalized spacial score (nSPS) is 10.5. The van der Waals surface area contributed by atoms with Crippen molar-refractivity contribution in [3.63, 3.8) is 0 Å². The van der Waals surface area contributed by atoms with E-state index in [4.69, 9.17) is 0 Å². The van der Waals surface area contributed by atoms with E-state index in [9.17, 15) is 4.79 Å². The highest BCUT2D eigenvalue weighted by Gasteiger charge is 2.09. The minimum Gasteiger partial charge on any atom is -0.294 e. The molecule has 0 saturated heterocycles. The molecule has 0 radical (unpaired) electrons. The number of hydrogen-bond acceptors (Lipinski definition) is 3. The quantitative estimate of drug-likeness (QED) is 0.679. The third-order valence-electron chi connectivity index (χ3n) is 3.86. The van der Waals surface area contributed by atoms with Crippen molar-refractivity contribution < 1.29 is 4.79 Å². The average molecular weight is 302 g/mol. The summed E-state index contributed by atoms with van der Waals surface area (Å²) >= 11 is 0. The number of Topliss-reactive ketones (excluding diaryl/α,β-unsaturated/α-hetero) is 1. The molecule has 0 aliphatic heterocycles. The molecule has 0 N–H and O–H groups in total. The fourth-order valence-electron chi connectivity index (χ4n) is 2.46. The van der Waals surface area contributed by atoms with Crippen LogP contribution in [-0.4, -0.2) is 16.0 Å². The van der Waals surface area contributed by atoms with Crippen LogP contribution in [0.1, 0.15) is 27.2 Å². The van der Waals surface area contributed by atoms with Crippen LogP contribution in [0.15, 0.2) is 60.7 Å². The Kier molecular flexibility index (Phi) is 4.29. The number of benzene rings is 2. The van der Waals surface area contributed by atoms with Crippen LogP contribution < -0.4 is 0 Å². The van der Waals surface area contributed by atoms with E-state index in [1.54, 1.807) is 0 Å². The van der Waals surface area contributed by atoms with Crippen LogP contribution in [0.3, 0.4) is 0 Å². The van der Waals surface area contributed by atoms with Gasteiger partial charge in [-0.05, 0) is 31.5 Å². The number of aromatic nitrogens is 2. The molecule has 3 heteroatoms. The third-order valence-corrected chi connectivity index (χ3v) is 3.86. The van der Waals surface area contributed by atoms with E-state index in [1.807, 2.05) is 74.5 Å². The molecular formula is C20H18N2O. The average Bonchev–Trinajstić information content (AvgIpc) is 2.57. The Morgan fingerprint density at radius 1 is 0.870 bits per heavy atom. The van der Waals surface area contributed by atoms with Gasteiger partial charge in [0.05, 0.1) is 17.8 Å². The highest BCUT2D eigenvalue weighted by Crippen LogP contribution is 2.20. The van der Waals surface area contributed by atoms with Gasteiger partial charge in [0.2, 0.25) is 0 Å². The first-order valence-electron chi connectivity index (χ1n) is 7.62. The molecule has 0 aliphatic rings. The smallest absolute Gasteiger partial charge is 0.168 e. The van der Waals surface area contributed by atoms with Crippen molar-refractivity contribution in [2.45, 2.75) is 20.3 Å². The van der Waals surface area contributed by atoms with Gasteiger partial charge >= 0.3 is 0 Å². The fourth-order valence-corrected chi connectivity index (χ4v) is 2.46. The molecule has 2 aromatic carbocycles. The van der Waals surface area contributed by atoms with Gasteiger partial charge in [0.1, 0.15) is 0 Å². The second-order valence-corrected chi connectivity index (χ2v) is 5.69. The molecule has 3 aromatic rings. The Labute approximate surface area is 136 Å². The lowest BCUT2D eigenvalue weighted by atomic mass is 10.0. The van der Waals surface area contributed by atoms with Gasteiger partial charge in [0.15, 0.2) is 5.78 Å². The Hall–Kier alpha value is -2.81. The number of rotatable bonds is 4. The molecule has 3 nitrogen and oxygen atoms in total. The first kappa shape index (κ1) is 15.1. The van der Waals surface area contributed by atoms with E-state index < -0.39 is 0 Å². The fraction of sp³-hybridized carbons (Fsp3) is 0.150. The van der Waals surface area contributed by atoms with Crippen molar-refractivity contribution in [1.29, 1.82) is 0 Å². The van der Waals surface area contributed by atoms with E-state index in [0.717, 1.165) is 22.4 Å². The maximum absolute atomic E-state index is 12.3. The van der Waals surface area contributed by atoms with Gasteiger partial charge in [-0.15, -0.1) is 0 Å². The van der Waals surface area contributed by atoms with Crippen LogP contribution in [0.2, 0.25) is 0 Å². The topological polar surface area (TPSA) is 42.9 Å². The maximum atomic E-state index is 12.3. The van der Waals surface area contributed by atoms with E-state index in [2.05, 4.69) is 10.2 Å². The molecule has 0 spiro atoms. The number of aryl methyl sites for hydroxylation is 2. The molecule has 114 valence electrons. The SMILES string of the molecule is Cc1ccc(C(=O)Cc2ccc(-c3ccccc3C)nn2)cc1. The van der Waals surface area contributed by atoms with Crippen molar-refractivity contribution in [1.82, 2.24) is 10.2 Å².